The zero-order chi connectivity index (χ0) is 12.7. The Hall–Kier alpha value is -1.42. The summed E-state index contributed by atoms with van der Waals surface area (Å²) in [7, 11) is 0. The second kappa shape index (κ2) is 7.01. The number of nitrogens with zero attached hydrogens (tertiary/aromatic N) is 2. The third-order valence-electron chi connectivity index (χ3n) is 2.58. The van der Waals surface area contributed by atoms with E-state index in [2.05, 4.69) is 4.98 Å². The van der Waals surface area contributed by atoms with Gasteiger partial charge in [0.2, 0.25) is 5.91 Å². The molecule has 1 N–H and O–H groups in total. The van der Waals surface area contributed by atoms with Crippen LogP contribution in [0.2, 0.25) is 0 Å². The molecule has 0 unspecified atom stereocenters. The van der Waals surface area contributed by atoms with Gasteiger partial charge in [-0.3, -0.25) is 9.78 Å². The van der Waals surface area contributed by atoms with Gasteiger partial charge in [-0.2, -0.15) is 0 Å². The summed E-state index contributed by atoms with van der Waals surface area (Å²) in [6.45, 7) is 5.16. The van der Waals surface area contributed by atoms with Crippen molar-refractivity contribution >= 4 is 5.91 Å². The summed E-state index contributed by atoms with van der Waals surface area (Å²) < 4.78 is 0. The molecule has 0 aliphatic carbocycles. The molecule has 1 rings (SSSR count). The van der Waals surface area contributed by atoms with Crippen molar-refractivity contribution in [3.05, 3.63) is 29.6 Å². The van der Waals surface area contributed by atoms with Gasteiger partial charge in [0.1, 0.15) is 0 Å². The lowest BCUT2D eigenvalue weighted by molar-refractivity contribution is -0.131. The largest absolute Gasteiger partial charge is 0.396 e. The van der Waals surface area contributed by atoms with Crippen molar-refractivity contribution < 1.29 is 9.90 Å². The molecule has 4 nitrogen and oxygen atoms in total. The fourth-order valence-corrected chi connectivity index (χ4v) is 1.65. The number of carbonyl (C=O) groups excluding carboxylic acids is 1. The Morgan fingerprint density at radius 1 is 1.47 bits per heavy atom. The van der Waals surface area contributed by atoms with Crippen LogP contribution in [0.1, 0.15) is 31.2 Å². The van der Waals surface area contributed by atoms with Gasteiger partial charge in [0.25, 0.3) is 0 Å². The molecule has 1 aromatic rings. The van der Waals surface area contributed by atoms with E-state index in [4.69, 9.17) is 5.11 Å². The molecule has 4 heteroatoms. The molecule has 0 bridgehead atoms. The maximum absolute atomic E-state index is 11.8. The van der Waals surface area contributed by atoms with Gasteiger partial charge in [0.05, 0.1) is 12.2 Å². The second-order valence-corrected chi connectivity index (χ2v) is 4.01. The van der Waals surface area contributed by atoms with Crippen LogP contribution >= 0.6 is 0 Å². The van der Waals surface area contributed by atoms with Gasteiger partial charge >= 0.3 is 0 Å². The van der Waals surface area contributed by atoms with Crippen LogP contribution < -0.4 is 0 Å². The fourth-order valence-electron chi connectivity index (χ4n) is 1.65. The van der Waals surface area contributed by atoms with Crippen LogP contribution in [0.25, 0.3) is 0 Å². The molecule has 0 spiro atoms. The average Bonchev–Trinajstić information content (AvgIpc) is 2.33. The number of carbonyl (C=O) groups is 1. The number of aryl methyl sites for hydroxylation is 1. The third kappa shape index (κ3) is 4.53. The maximum Gasteiger partial charge on any atom is 0.222 e. The molecule has 0 atom stereocenters. The normalized spacial score (nSPS) is 10.3. The lowest BCUT2D eigenvalue weighted by Crippen LogP contribution is -2.30. The smallest absolute Gasteiger partial charge is 0.222 e. The van der Waals surface area contributed by atoms with Crippen molar-refractivity contribution in [1.29, 1.82) is 0 Å². The molecular weight excluding hydrogens is 216 g/mol. The number of aliphatic hydroxyl groups excluding tert-OH is 1. The molecule has 1 amide bonds. The van der Waals surface area contributed by atoms with Crippen LogP contribution in [-0.2, 0) is 11.3 Å². The number of hydrogen-bond acceptors (Lipinski definition) is 3. The average molecular weight is 236 g/mol. The van der Waals surface area contributed by atoms with Crippen LogP contribution in [-0.4, -0.2) is 34.0 Å². The van der Waals surface area contributed by atoms with Crippen molar-refractivity contribution in [2.45, 2.75) is 33.2 Å². The van der Waals surface area contributed by atoms with Crippen LogP contribution in [0, 0.1) is 6.92 Å². The number of pyridine rings is 1. The van der Waals surface area contributed by atoms with E-state index >= 15 is 0 Å². The SMILES string of the molecule is CCN(Cc1cccc(C)n1)C(=O)CCCO. The summed E-state index contributed by atoms with van der Waals surface area (Å²) in [5, 5.41) is 8.71. The number of aromatic nitrogens is 1. The van der Waals surface area contributed by atoms with Crippen LogP contribution in [0.3, 0.4) is 0 Å². The molecule has 1 heterocycles. The Morgan fingerprint density at radius 3 is 2.82 bits per heavy atom. The number of hydrogen-bond donors (Lipinski definition) is 1. The van der Waals surface area contributed by atoms with E-state index in [1.165, 1.54) is 0 Å². The molecule has 94 valence electrons. The highest BCUT2D eigenvalue weighted by Crippen LogP contribution is 2.05. The van der Waals surface area contributed by atoms with E-state index in [0.717, 1.165) is 11.4 Å². The van der Waals surface area contributed by atoms with Gasteiger partial charge in [0.15, 0.2) is 0 Å². The lowest BCUT2D eigenvalue weighted by atomic mass is 10.2. The Morgan fingerprint density at radius 2 is 2.24 bits per heavy atom. The highest BCUT2D eigenvalue weighted by atomic mass is 16.3. The molecular formula is C13H20N2O2. The third-order valence-corrected chi connectivity index (χ3v) is 2.58. The van der Waals surface area contributed by atoms with E-state index in [-0.39, 0.29) is 12.5 Å². The van der Waals surface area contributed by atoms with Gasteiger partial charge in [-0.25, -0.2) is 0 Å². The van der Waals surface area contributed by atoms with Gasteiger partial charge in [0, 0.05) is 25.3 Å². The molecule has 0 saturated carbocycles. The number of rotatable bonds is 6. The van der Waals surface area contributed by atoms with E-state index in [0.29, 0.717) is 25.9 Å². The van der Waals surface area contributed by atoms with E-state index in [1.54, 1.807) is 4.90 Å². The standard InChI is InChI=1S/C13H20N2O2/c1-3-15(13(17)8-5-9-16)10-12-7-4-6-11(2)14-12/h4,6-7,16H,3,5,8-10H2,1-2H3. The van der Waals surface area contributed by atoms with E-state index in [1.807, 2.05) is 32.0 Å². The van der Waals surface area contributed by atoms with Gasteiger partial charge < -0.3 is 10.0 Å². The Labute approximate surface area is 102 Å². The molecule has 0 fully saturated rings. The lowest BCUT2D eigenvalue weighted by Gasteiger charge is -2.20. The monoisotopic (exact) mass is 236 g/mol. The maximum atomic E-state index is 11.8. The first-order valence-corrected chi connectivity index (χ1v) is 5.98. The first-order valence-electron chi connectivity index (χ1n) is 5.98. The first kappa shape index (κ1) is 13.6. The summed E-state index contributed by atoms with van der Waals surface area (Å²) in [4.78, 5) is 18.0. The van der Waals surface area contributed by atoms with Crippen molar-refractivity contribution in [2.75, 3.05) is 13.2 Å². The molecule has 0 aromatic carbocycles. The number of aliphatic hydroxyl groups is 1. The molecule has 1 aromatic heterocycles. The summed E-state index contributed by atoms with van der Waals surface area (Å²) in [6, 6.07) is 5.81. The van der Waals surface area contributed by atoms with Crippen LogP contribution in [0.5, 0.6) is 0 Å². The van der Waals surface area contributed by atoms with E-state index < -0.39 is 0 Å². The summed E-state index contributed by atoms with van der Waals surface area (Å²) in [5.74, 6) is 0.0739. The highest BCUT2D eigenvalue weighted by molar-refractivity contribution is 5.76. The second-order valence-electron chi connectivity index (χ2n) is 4.01. The summed E-state index contributed by atoms with van der Waals surface area (Å²) in [5.41, 5.74) is 1.87. The summed E-state index contributed by atoms with van der Waals surface area (Å²) >= 11 is 0. The van der Waals surface area contributed by atoms with Crippen molar-refractivity contribution in [2.24, 2.45) is 0 Å². The molecule has 17 heavy (non-hydrogen) atoms. The molecule has 0 aliphatic heterocycles. The van der Waals surface area contributed by atoms with Gasteiger partial charge in [-0.15, -0.1) is 0 Å². The van der Waals surface area contributed by atoms with E-state index in [9.17, 15) is 4.79 Å². The quantitative estimate of drug-likeness (QED) is 0.814. The predicted octanol–water partition coefficient (Wildman–Crippen LogP) is 1.51. The molecule has 0 radical (unpaired) electrons. The minimum Gasteiger partial charge on any atom is -0.396 e. The minimum atomic E-state index is 0.0615. The zero-order valence-corrected chi connectivity index (χ0v) is 10.5. The fraction of sp³-hybridized carbons (Fsp3) is 0.538. The number of amides is 1. The Kier molecular flexibility index (Phi) is 5.63. The predicted molar refractivity (Wildman–Crippen MR) is 66.4 cm³/mol. The van der Waals surface area contributed by atoms with Crippen LogP contribution in [0.4, 0.5) is 0 Å². The molecule has 0 aliphatic rings. The topological polar surface area (TPSA) is 53.4 Å². The first-order chi connectivity index (χ1) is 8.17. The van der Waals surface area contributed by atoms with Crippen molar-refractivity contribution in [1.82, 2.24) is 9.88 Å². The van der Waals surface area contributed by atoms with Crippen molar-refractivity contribution in [3.8, 4) is 0 Å². The molecule has 0 saturated heterocycles. The zero-order valence-electron chi connectivity index (χ0n) is 10.5. The highest BCUT2D eigenvalue weighted by Gasteiger charge is 2.12. The van der Waals surface area contributed by atoms with Crippen molar-refractivity contribution in [3.63, 3.8) is 0 Å². The van der Waals surface area contributed by atoms with Gasteiger partial charge in [-0.05, 0) is 32.4 Å². The summed E-state index contributed by atoms with van der Waals surface area (Å²) in [6.07, 6.45) is 0.923. The minimum absolute atomic E-state index is 0.0615. The van der Waals surface area contributed by atoms with Gasteiger partial charge in [-0.1, -0.05) is 6.07 Å². The van der Waals surface area contributed by atoms with Crippen LogP contribution in [0.15, 0.2) is 18.2 Å². The Bertz CT molecular complexity index is 366. The Balaban J connectivity index is 2.60.